The lowest BCUT2D eigenvalue weighted by Crippen LogP contribution is -2.50. The van der Waals surface area contributed by atoms with Gasteiger partial charge in [-0.2, -0.15) is 4.31 Å². The van der Waals surface area contributed by atoms with Crippen molar-refractivity contribution in [3.05, 3.63) is 53.8 Å². The van der Waals surface area contributed by atoms with Crippen LogP contribution in [0.25, 0.3) is 0 Å². The van der Waals surface area contributed by atoms with Crippen molar-refractivity contribution in [1.82, 2.24) is 14.2 Å². The monoisotopic (exact) mass is 435 g/mol. The van der Waals surface area contributed by atoms with Crippen LogP contribution in [0, 0.1) is 0 Å². The molecule has 0 bridgehead atoms. The van der Waals surface area contributed by atoms with Crippen LogP contribution in [0.15, 0.2) is 53.7 Å². The number of piperidine rings is 2. The van der Waals surface area contributed by atoms with Crippen LogP contribution >= 0.6 is 11.6 Å². The summed E-state index contributed by atoms with van der Waals surface area (Å²) in [7, 11) is -3.48. The summed E-state index contributed by atoms with van der Waals surface area (Å²) < 4.78 is 33.4. The second-order valence-electron chi connectivity index (χ2n) is 7.63. The maximum Gasteiger partial charge on any atom is 0.243 e. The predicted octanol–water partition coefficient (Wildman–Crippen LogP) is 3.43. The van der Waals surface area contributed by atoms with E-state index in [0.717, 1.165) is 44.5 Å². The van der Waals surface area contributed by atoms with Gasteiger partial charge in [-0.1, -0.05) is 17.7 Å². The van der Waals surface area contributed by atoms with E-state index >= 15 is 0 Å². The molecular formula is C21H26ClN3O3S. The number of aromatic nitrogens is 1. The summed E-state index contributed by atoms with van der Waals surface area (Å²) in [5.74, 6) is 0.873. The highest BCUT2D eigenvalue weighted by atomic mass is 35.5. The molecule has 0 unspecified atom stereocenters. The third-order valence-electron chi connectivity index (χ3n) is 5.80. The van der Waals surface area contributed by atoms with Crippen LogP contribution in [0.4, 0.5) is 0 Å². The topological polar surface area (TPSA) is 62.7 Å². The van der Waals surface area contributed by atoms with Crippen LogP contribution < -0.4 is 4.74 Å². The molecule has 3 heterocycles. The second-order valence-corrected chi connectivity index (χ2v) is 10.0. The molecule has 0 N–H and O–H groups in total. The van der Waals surface area contributed by atoms with Gasteiger partial charge in [-0.25, -0.2) is 8.42 Å². The normalized spacial score (nSPS) is 20.6. The van der Waals surface area contributed by atoms with Crippen LogP contribution in [-0.2, 0) is 10.0 Å². The number of halogens is 1. The standard InChI is InChI=1S/C21H26ClN3O3S/c22-17-2-1-3-21(16-17)29(26,27)25-14-6-18(7-15-25)24-12-8-20(9-13-24)28-19-4-10-23-11-5-19/h1-5,10-11,16,18,20H,6-9,12-15H2. The Morgan fingerprint density at radius 2 is 1.66 bits per heavy atom. The van der Waals surface area contributed by atoms with Crippen LogP contribution in [0.1, 0.15) is 25.7 Å². The Bertz CT molecular complexity index is 910. The van der Waals surface area contributed by atoms with E-state index in [9.17, 15) is 8.42 Å². The second kappa shape index (κ2) is 9.00. The highest BCUT2D eigenvalue weighted by Crippen LogP contribution is 2.27. The highest BCUT2D eigenvalue weighted by Gasteiger charge is 2.33. The minimum absolute atomic E-state index is 0.233. The summed E-state index contributed by atoms with van der Waals surface area (Å²) in [6.07, 6.45) is 7.42. The molecule has 1 aromatic carbocycles. The zero-order valence-electron chi connectivity index (χ0n) is 16.3. The Morgan fingerprint density at radius 1 is 0.966 bits per heavy atom. The maximum absolute atomic E-state index is 12.9. The smallest absolute Gasteiger partial charge is 0.243 e. The highest BCUT2D eigenvalue weighted by molar-refractivity contribution is 7.89. The van der Waals surface area contributed by atoms with E-state index in [4.69, 9.17) is 16.3 Å². The van der Waals surface area contributed by atoms with Gasteiger partial charge in [0.05, 0.1) is 4.90 Å². The minimum Gasteiger partial charge on any atom is -0.490 e. The number of sulfonamides is 1. The van der Waals surface area contributed by atoms with Gasteiger partial charge in [0.1, 0.15) is 11.9 Å². The molecule has 2 aliphatic heterocycles. The molecule has 0 aliphatic carbocycles. The quantitative estimate of drug-likeness (QED) is 0.720. The predicted molar refractivity (Wildman–Crippen MR) is 113 cm³/mol. The molecule has 2 fully saturated rings. The van der Waals surface area contributed by atoms with E-state index in [1.54, 1.807) is 34.9 Å². The molecule has 0 saturated carbocycles. The third kappa shape index (κ3) is 4.91. The SMILES string of the molecule is O=S(=O)(c1cccc(Cl)c1)N1CCC(N2CCC(Oc3ccncc3)CC2)CC1. The lowest BCUT2D eigenvalue weighted by atomic mass is 10.00. The summed E-state index contributed by atoms with van der Waals surface area (Å²) in [6.45, 7) is 3.07. The molecule has 156 valence electrons. The van der Waals surface area contributed by atoms with Gasteiger partial charge in [0.2, 0.25) is 10.0 Å². The van der Waals surface area contributed by atoms with Gasteiger partial charge in [0.15, 0.2) is 0 Å². The Hall–Kier alpha value is -1.67. The van der Waals surface area contributed by atoms with Gasteiger partial charge >= 0.3 is 0 Å². The molecule has 2 aliphatic rings. The number of hydrogen-bond donors (Lipinski definition) is 0. The van der Waals surface area contributed by atoms with E-state index in [1.165, 1.54) is 6.07 Å². The van der Waals surface area contributed by atoms with E-state index < -0.39 is 10.0 Å². The Labute approximate surface area is 177 Å². The van der Waals surface area contributed by atoms with Crippen molar-refractivity contribution in [3.63, 3.8) is 0 Å². The van der Waals surface area contributed by atoms with Gasteiger partial charge in [0.25, 0.3) is 0 Å². The summed E-state index contributed by atoms with van der Waals surface area (Å²) in [5.41, 5.74) is 0. The molecule has 4 rings (SSSR count). The number of benzene rings is 1. The molecule has 1 aromatic heterocycles. The first kappa shape index (κ1) is 20.6. The number of ether oxygens (including phenoxy) is 1. The van der Waals surface area contributed by atoms with Crippen molar-refractivity contribution in [1.29, 1.82) is 0 Å². The van der Waals surface area contributed by atoms with Crippen LogP contribution in [0.3, 0.4) is 0 Å². The fourth-order valence-corrected chi connectivity index (χ4v) is 5.96. The largest absolute Gasteiger partial charge is 0.490 e. The average Bonchev–Trinajstić information content (AvgIpc) is 2.75. The molecule has 8 heteroatoms. The molecule has 29 heavy (non-hydrogen) atoms. The van der Waals surface area contributed by atoms with E-state index in [1.807, 2.05) is 12.1 Å². The Kier molecular flexibility index (Phi) is 6.39. The fraction of sp³-hybridized carbons (Fsp3) is 0.476. The first-order chi connectivity index (χ1) is 14.0. The average molecular weight is 436 g/mol. The van der Waals surface area contributed by atoms with Crippen molar-refractivity contribution in [2.24, 2.45) is 0 Å². The zero-order chi connectivity index (χ0) is 20.3. The number of pyridine rings is 1. The fourth-order valence-electron chi connectivity index (χ4n) is 4.19. The summed E-state index contributed by atoms with van der Waals surface area (Å²) in [4.78, 5) is 6.79. The van der Waals surface area contributed by atoms with E-state index in [0.29, 0.717) is 24.2 Å². The number of likely N-dealkylation sites (tertiary alicyclic amines) is 1. The van der Waals surface area contributed by atoms with Crippen LogP contribution in [-0.4, -0.2) is 60.9 Å². The summed E-state index contributed by atoms with van der Waals surface area (Å²) >= 11 is 5.97. The van der Waals surface area contributed by atoms with Gasteiger partial charge in [-0.05, 0) is 56.0 Å². The molecule has 0 atom stereocenters. The van der Waals surface area contributed by atoms with Gasteiger partial charge in [-0.15, -0.1) is 0 Å². The lowest BCUT2D eigenvalue weighted by molar-refractivity contribution is 0.0585. The van der Waals surface area contributed by atoms with Crippen LogP contribution in [0.5, 0.6) is 5.75 Å². The van der Waals surface area contributed by atoms with Gasteiger partial charge in [0, 0.05) is 49.6 Å². The zero-order valence-corrected chi connectivity index (χ0v) is 17.9. The van der Waals surface area contributed by atoms with Crippen LogP contribution in [0.2, 0.25) is 5.02 Å². The molecule has 0 radical (unpaired) electrons. The lowest BCUT2D eigenvalue weighted by Gasteiger charge is -2.41. The Balaban J connectivity index is 1.28. The Morgan fingerprint density at radius 3 is 2.31 bits per heavy atom. The molecule has 2 saturated heterocycles. The minimum atomic E-state index is -3.48. The van der Waals surface area contributed by atoms with Gasteiger partial charge < -0.3 is 9.64 Å². The van der Waals surface area contributed by atoms with Gasteiger partial charge in [-0.3, -0.25) is 4.98 Å². The van der Waals surface area contributed by atoms with Crippen molar-refractivity contribution in [3.8, 4) is 5.75 Å². The summed E-state index contributed by atoms with van der Waals surface area (Å²) in [5, 5.41) is 0.442. The van der Waals surface area contributed by atoms with E-state index in [2.05, 4.69) is 9.88 Å². The third-order valence-corrected chi connectivity index (χ3v) is 7.93. The molecule has 0 amide bonds. The number of hydrogen-bond acceptors (Lipinski definition) is 5. The first-order valence-electron chi connectivity index (χ1n) is 10.1. The first-order valence-corrected chi connectivity index (χ1v) is 11.9. The molecule has 2 aromatic rings. The summed E-state index contributed by atoms with van der Waals surface area (Å²) in [6, 6.07) is 10.7. The maximum atomic E-state index is 12.9. The van der Waals surface area contributed by atoms with E-state index in [-0.39, 0.29) is 11.0 Å². The van der Waals surface area contributed by atoms with Crippen molar-refractivity contribution in [2.75, 3.05) is 26.2 Å². The molecule has 0 spiro atoms. The van der Waals surface area contributed by atoms with Crippen molar-refractivity contribution in [2.45, 2.75) is 42.7 Å². The number of rotatable bonds is 5. The molecular weight excluding hydrogens is 410 g/mol. The van der Waals surface area contributed by atoms with Crippen molar-refractivity contribution < 1.29 is 13.2 Å². The molecule has 6 nitrogen and oxygen atoms in total. The van der Waals surface area contributed by atoms with Crippen molar-refractivity contribution >= 4 is 21.6 Å². The number of nitrogens with zero attached hydrogens (tertiary/aromatic N) is 3.